The van der Waals surface area contributed by atoms with Gasteiger partial charge in [0, 0.05) is 30.4 Å². The fourth-order valence-corrected chi connectivity index (χ4v) is 3.00. The number of anilines is 2. The van der Waals surface area contributed by atoms with Gasteiger partial charge in [-0.3, -0.25) is 0 Å². The molecular weight excluding hydrogens is 282 g/mol. The number of rotatable bonds is 5. The predicted octanol–water partition coefficient (Wildman–Crippen LogP) is 3.25. The number of thiophene rings is 1. The van der Waals surface area contributed by atoms with E-state index in [4.69, 9.17) is 4.98 Å². The molecule has 6 heteroatoms. The number of nitrogens with one attached hydrogen (secondary N) is 1. The molecule has 0 saturated heterocycles. The molecule has 0 amide bonds. The number of hydrogen-bond donors (Lipinski definition) is 1. The first-order valence-corrected chi connectivity index (χ1v) is 7.87. The molecule has 0 aliphatic carbocycles. The third kappa shape index (κ3) is 2.71. The van der Waals surface area contributed by atoms with Gasteiger partial charge in [-0.1, -0.05) is 6.07 Å². The van der Waals surface area contributed by atoms with Crippen LogP contribution in [0.15, 0.2) is 36.1 Å². The average molecular weight is 301 g/mol. The van der Waals surface area contributed by atoms with Crippen molar-refractivity contribution in [3.05, 3.63) is 41.0 Å². The summed E-state index contributed by atoms with van der Waals surface area (Å²) in [5.74, 6) is 1.75. The zero-order valence-electron chi connectivity index (χ0n) is 12.4. The first kappa shape index (κ1) is 13.9. The molecular formula is C15H19N5S. The van der Waals surface area contributed by atoms with Crippen LogP contribution in [-0.2, 0) is 6.54 Å². The number of nitrogens with zero attached hydrogens (tertiary/aromatic N) is 4. The summed E-state index contributed by atoms with van der Waals surface area (Å²) < 4.78 is 2.01. The van der Waals surface area contributed by atoms with E-state index in [1.165, 1.54) is 4.88 Å². The average Bonchev–Trinajstić information content (AvgIpc) is 3.14. The molecule has 0 fully saturated rings. The van der Waals surface area contributed by atoms with Gasteiger partial charge in [0.1, 0.15) is 5.82 Å². The van der Waals surface area contributed by atoms with Crippen LogP contribution in [0.4, 0.5) is 11.6 Å². The highest BCUT2D eigenvalue weighted by Crippen LogP contribution is 2.25. The van der Waals surface area contributed by atoms with Gasteiger partial charge in [0.2, 0.25) is 0 Å². The minimum atomic E-state index is 0.340. The number of hydrogen-bond acceptors (Lipinski definition) is 5. The molecule has 0 aliphatic rings. The number of imidazole rings is 1. The van der Waals surface area contributed by atoms with Crippen LogP contribution in [0.3, 0.4) is 0 Å². The SMILES string of the molecule is CNc1cn2ccnc2c(N(Cc2cccs2)C(C)C)n1. The highest BCUT2D eigenvalue weighted by atomic mass is 32.1. The van der Waals surface area contributed by atoms with E-state index in [9.17, 15) is 0 Å². The van der Waals surface area contributed by atoms with Gasteiger partial charge in [0.05, 0.1) is 12.7 Å². The van der Waals surface area contributed by atoms with Gasteiger partial charge in [-0.2, -0.15) is 0 Å². The molecule has 3 rings (SSSR count). The summed E-state index contributed by atoms with van der Waals surface area (Å²) in [7, 11) is 1.88. The molecule has 110 valence electrons. The lowest BCUT2D eigenvalue weighted by molar-refractivity contribution is 0.677. The Hall–Kier alpha value is -2.08. The van der Waals surface area contributed by atoms with Crippen LogP contribution in [0.25, 0.3) is 5.65 Å². The Kier molecular flexibility index (Phi) is 3.79. The van der Waals surface area contributed by atoms with E-state index in [0.29, 0.717) is 6.04 Å². The van der Waals surface area contributed by atoms with E-state index < -0.39 is 0 Å². The second kappa shape index (κ2) is 5.73. The first-order chi connectivity index (χ1) is 10.2. The minimum Gasteiger partial charge on any atom is -0.372 e. The molecule has 0 aromatic carbocycles. The van der Waals surface area contributed by atoms with Gasteiger partial charge in [-0.05, 0) is 25.3 Å². The van der Waals surface area contributed by atoms with Crippen molar-refractivity contribution in [1.29, 1.82) is 0 Å². The molecule has 3 heterocycles. The lowest BCUT2D eigenvalue weighted by atomic mass is 10.3. The Labute approximate surface area is 128 Å². The van der Waals surface area contributed by atoms with Gasteiger partial charge in [0.25, 0.3) is 0 Å². The van der Waals surface area contributed by atoms with Crippen LogP contribution in [0.1, 0.15) is 18.7 Å². The monoisotopic (exact) mass is 301 g/mol. The normalized spacial score (nSPS) is 11.2. The molecule has 5 nitrogen and oxygen atoms in total. The molecule has 0 radical (unpaired) electrons. The van der Waals surface area contributed by atoms with Crippen molar-refractivity contribution < 1.29 is 0 Å². The third-order valence-corrected chi connectivity index (χ3v) is 4.28. The summed E-state index contributed by atoms with van der Waals surface area (Å²) in [6.45, 7) is 5.21. The van der Waals surface area contributed by atoms with E-state index in [1.807, 2.05) is 30.0 Å². The quantitative estimate of drug-likeness (QED) is 0.786. The van der Waals surface area contributed by atoms with Crippen LogP contribution in [-0.4, -0.2) is 27.5 Å². The number of fused-ring (bicyclic) bond motifs is 1. The Bertz CT molecular complexity index is 717. The second-order valence-electron chi connectivity index (χ2n) is 5.16. The molecule has 0 saturated carbocycles. The van der Waals surface area contributed by atoms with Crippen molar-refractivity contribution in [1.82, 2.24) is 14.4 Å². The molecule has 0 bridgehead atoms. The van der Waals surface area contributed by atoms with Crippen molar-refractivity contribution in [3.63, 3.8) is 0 Å². The topological polar surface area (TPSA) is 45.5 Å². The van der Waals surface area contributed by atoms with E-state index in [2.05, 4.69) is 46.6 Å². The molecule has 0 spiro atoms. The van der Waals surface area contributed by atoms with Crippen molar-refractivity contribution in [2.75, 3.05) is 17.3 Å². The number of aromatic nitrogens is 3. The van der Waals surface area contributed by atoms with Crippen molar-refractivity contribution >= 4 is 28.6 Å². The summed E-state index contributed by atoms with van der Waals surface area (Å²) in [6.07, 6.45) is 5.71. The highest BCUT2D eigenvalue weighted by molar-refractivity contribution is 7.09. The lowest BCUT2D eigenvalue weighted by Crippen LogP contribution is -2.31. The minimum absolute atomic E-state index is 0.340. The maximum absolute atomic E-state index is 4.73. The van der Waals surface area contributed by atoms with Crippen molar-refractivity contribution in [3.8, 4) is 0 Å². The molecule has 3 aromatic rings. The van der Waals surface area contributed by atoms with Crippen LogP contribution in [0.2, 0.25) is 0 Å². The van der Waals surface area contributed by atoms with Crippen molar-refractivity contribution in [2.45, 2.75) is 26.4 Å². The highest BCUT2D eigenvalue weighted by Gasteiger charge is 2.18. The van der Waals surface area contributed by atoms with Gasteiger partial charge in [-0.15, -0.1) is 11.3 Å². The largest absolute Gasteiger partial charge is 0.372 e. The van der Waals surface area contributed by atoms with Crippen molar-refractivity contribution in [2.24, 2.45) is 0 Å². The molecule has 21 heavy (non-hydrogen) atoms. The molecule has 0 unspecified atom stereocenters. The van der Waals surface area contributed by atoms with E-state index in [0.717, 1.165) is 23.8 Å². The predicted molar refractivity (Wildman–Crippen MR) is 88.2 cm³/mol. The molecule has 1 N–H and O–H groups in total. The summed E-state index contributed by atoms with van der Waals surface area (Å²) in [5, 5.41) is 5.23. The van der Waals surface area contributed by atoms with Gasteiger partial charge in [-0.25, -0.2) is 9.97 Å². The third-order valence-electron chi connectivity index (χ3n) is 3.41. The standard InChI is InChI=1S/C15H19N5S/c1-11(2)20(9-12-5-4-8-21-12)15-14-17-6-7-19(14)10-13(16-3)18-15/h4-8,10-11,16H,9H2,1-3H3. The second-order valence-corrected chi connectivity index (χ2v) is 6.19. The van der Waals surface area contributed by atoms with Gasteiger partial charge >= 0.3 is 0 Å². The zero-order chi connectivity index (χ0) is 14.8. The maximum Gasteiger partial charge on any atom is 0.180 e. The summed E-state index contributed by atoms with van der Waals surface area (Å²) in [6, 6.07) is 4.58. The fraction of sp³-hybridized carbons (Fsp3) is 0.333. The van der Waals surface area contributed by atoms with Gasteiger partial charge < -0.3 is 14.6 Å². The summed E-state index contributed by atoms with van der Waals surface area (Å²) in [4.78, 5) is 12.8. The fourth-order valence-electron chi connectivity index (χ4n) is 2.30. The zero-order valence-corrected chi connectivity index (χ0v) is 13.3. The summed E-state index contributed by atoms with van der Waals surface area (Å²) in [5.41, 5.74) is 0.888. The van der Waals surface area contributed by atoms with Crippen LogP contribution in [0.5, 0.6) is 0 Å². The van der Waals surface area contributed by atoms with Crippen LogP contribution < -0.4 is 10.2 Å². The Morgan fingerprint density at radius 1 is 1.43 bits per heavy atom. The Morgan fingerprint density at radius 2 is 2.29 bits per heavy atom. The van der Waals surface area contributed by atoms with E-state index in [-0.39, 0.29) is 0 Å². The van der Waals surface area contributed by atoms with E-state index >= 15 is 0 Å². The smallest absolute Gasteiger partial charge is 0.180 e. The Morgan fingerprint density at radius 3 is 2.95 bits per heavy atom. The van der Waals surface area contributed by atoms with Crippen LogP contribution >= 0.6 is 11.3 Å². The lowest BCUT2D eigenvalue weighted by Gasteiger charge is -2.28. The first-order valence-electron chi connectivity index (χ1n) is 6.99. The Balaban J connectivity index is 2.07. The summed E-state index contributed by atoms with van der Waals surface area (Å²) >= 11 is 1.77. The maximum atomic E-state index is 4.73. The van der Waals surface area contributed by atoms with Crippen LogP contribution in [0, 0.1) is 0 Å². The van der Waals surface area contributed by atoms with Gasteiger partial charge in [0.15, 0.2) is 11.5 Å². The molecule has 3 aromatic heterocycles. The molecule has 0 atom stereocenters. The molecule has 0 aliphatic heterocycles. The van der Waals surface area contributed by atoms with E-state index in [1.54, 1.807) is 11.3 Å².